The molecule has 2 N–H and O–H groups in total. The molecule has 1 amide bonds. The zero-order valence-corrected chi connectivity index (χ0v) is 16.7. The molecular weight excluding hydrogens is 362 g/mol. The van der Waals surface area contributed by atoms with E-state index in [2.05, 4.69) is 17.2 Å². The molecule has 3 aliphatic carbocycles. The van der Waals surface area contributed by atoms with Crippen LogP contribution in [0, 0.1) is 17.8 Å². The molecule has 1 aromatic heterocycles. The summed E-state index contributed by atoms with van der Waals surface area (Å²) in [5.74, 6) is 2.17. The number of aromatic nitrogens is 2. The van der Waals surface area contributed by atoms with Gasteiger partial charge in [-0.15, -0.1) is 0 Å². The normalized spacial score (nSPS) is 28.6. The minimum absolute atomic E-state index is 0.0224. The summed E-state index contributed by atoms with van der Waals surface area (Å²) in [6.07, 6.45) is 9.36. The van der Waals surface area contributed by atoms with Crippen LogP contribution < -0.4 is 10.9 Å². The van der Waals surface area contributed by atoms with Gasteiger partial charge in [0.2, 0.25) is 11.8 Å². The molecule has 0 unspecified atom stereocenters. The lowest BCUT2D eigenvalue weighted by Crippen LogP contribution is -2.41. The van der Waals surface area contributed by atoms with Gasteiger partial charge in [0.1, 0.15) is 0 Å². The minimum atomic E-state index is -0.271. The van der Waals surface area contributed by atoms with Crippen LogP contribution in [0.3, 0.4) is 0 Å². The number of aromatic hydroxyl groups is 1. The lowest BCUT2D eigenvalue weighted by Gasteiger charge is -2.28. The van der Waals surface area contributed by atoms with Gasteiger partial charge in [0.25, 0.3) is 5.56 Å². The Morgan fingerprint density at radius 1 is 1.33 bits per heavy atom. The van der Waals surface area contributed by atoms with Gasteiger partial charge in [0.15, 0.2) is 5.16 Å². The molecule has 4 atom stereocenters. The van der Waals surface area contributed by atoms with Crippen LogP contribution in [0.4, 0.5) is 0 Å². The molecule has 3 saturated carbocycles. The summed E-state index contributed by atoms with van der Waals surface area (Å²) < 4.78 is 1.67. The molecule has 1 heterocycles. The van der Waals surface area contributed by atoms with Gasteiger partial charge in [0, 0.05) is 12.1 Å². The van der Waals surface area contributed by atoms with E-state index in [1.54, 1.807) is 4.57 Å². The third-order valence-corrected chi connectivity index (χ3v) is 7.70. The Morgan fingerprint density at radius 2 is 2.11 bits per heavy atom. The molecule has 4 rings (SSSR count). The van der Waals surface area contributed by atoms with E-state index in [-0.39, 0.29) is 35.2 Å². The average Bonchev–Trinajstić information content (AvgIpc) is 3.37. The maximum Gasteiger partial charge on any atom is 0.258 e. The van der Waals surface area contributed by atoms with E-state index in [0.717, 1.165) is 37.5 Å². The predicted octanol–water partition coefficient (Wildman–Crippen LogP) is 3.10. The maximum absolute atomic E-state index is 12.5. The van der Waals surface area contributed by atoms with Crippen LogP contribution in [0.15, 0.2) is 16.0 Å². The van der Waals surface area contributed by atoms with Crippen molar-refractivity contribution in [1.29, 1.82) is 0 Å². The Bertz CT molecular complexity index is 759. The molecule has 0 saturated heterocycles. The standard InChI is InChI=1S/C20H29N3O3S/c1-12(16-9-13-6-7-14(16)8-13)21-18(25)11-27-20-22-17(24)10-19(26)23(20)15-4-2-3-5-15/h10,12-16,24H,2-9,11H2,1H3,(H,21,25)/t12-,13+,14+,16-/m1/s1. The fraction of sp³-hybridized carbons (Fsp3) is 0.750. The van der Waals surface area contributed by atoms with E-state index >= 15 is 0 Å². The molecule has 1 aromatic rings. The van der Waals surface area contributed by atoms with Crippen LogP contribution in [0.1, 0.15) is 64.3 Å². The van der Waals surface area contributed by atoms with Gasteiger partial charge in [-0.25, -0.2) is 0 Å². The van der Waals surface area contributed by atoms with Crippen molar-refractivity contribution >= 4 is 17.7 Å². The maximum atomic E-state index is 12.5. The fourth-order valence-corrected chi connectivity index (χ4v) is 6.38. The largest absolute Gasteiger partial charge is 0.493 e. The first-order valence-electron chi connectivity index (χ1n) is 10.3. The van der Waals surface area contributed by atoms with E-state index in [1.165, 1.54) is 43.5 Å². The lowest BCUT2D eigenvalue weighted by atomic mass is 9.84. The van der Waals surface area contributed by atoms with Crippen molar-refractivity contribution in [3.8, 4) is 5.88 Å². The van der Waals surface area contributed by atoms with Gasteiger partial charge in [-0.3, -0.25) is 14.2 Å². The molecule has 148 valence electrons. The number of carbonyl (C=O) groups is 1. The Labute approximate surface area is 164 Å². The second-order valence-corrected chi connectivity index (χ2v) is 9.47. The van der Waals surface area contributed by atoms with Crippen molar-refractivity contribution in [2.24, 2.45) is 17.8 Å². The van der Waals surface area contributed by atoms with E-state index in [0.29, 0.717) is 11.1 Å². The van der Waals surface area contributed by atoms with Crippen molar-refractivity contribution in [1.82, 2.24) is 14.9 Å². The monoisotopic (exact) mass is 391 g/mol. The van der Waals surface area contributed by atoms with E-state index in [1.807, 2.05) is 0 Å². The average molecular weight is 392 g/mol. The van der Waals surface area contributed by atoms with Crippen LogP contribution in [-0.2, 0) is 4.79 Å². The van der Waals surface area contributed by atoms with E-state index in [9.17, 15) is 14.7 Å². The lowest BCUT2D eigenvalue weighted by molar-refractivity contribution is -0.119. The number of carbonyl (C=O) groups excluding carboxylic acids is 1. The summed E-state index contributed by atoms with van der Waals surface area (Å²) in [6.45, 7) is 2.12. The Hall–Kier alpha value is -1.50. The first-order chi connectivity index (χ1) is 13.0. The smallest absolute Gasteiger partial charge is 0.258 e. The number of hydrogen-bond acceptors (Lipinski definition) is 5. The summed E-state index contributed by atoms with van der Waals surface area (Å²) in [5, 5.41) is 13.3. The highest BCUT2D eigenvalue weighted by molar-refractivity contribution is 7.99. The molecule has 27 heavy (non-hydrogen) atoms. The number of nitrogens with one attached hydrogen (secondary N) is 1. The summed E-state index contributed by atoms with van der Waals surface area (Å²) in [6, 6.07) is 1.49. The quantitative estimate of drug-likeness (QED) is 0.575. The summed E-state index contributed by atoms with van der Waals surface area (Å²) in [4.78, 5) is 29.0. The van der Waals surface area contributed by atoms with Crippen molar-refractivity contribution < 1.29 is 9.90 Å². The zero-order chi connectivity index (χ0) is 19.0. The van der Waals surface area contributed by atoms with Gasteiger partial charge < -0.3 is 10.4 Å². The van der Waals surface area contributed by atoms with Gasteiger partial charge >= 0.3 is 0 Å². The second kappa shape index (κ2) is 7.86. The highest BCUT2D eigenvalue weighted by Gasteiger charge is 2.42. The van der Waals surface area contributed by atoms with Gasteiger partial charge in [0.05, 0.1) is 11.8 Å². The number of thioether (sulfide) groups is 1. The van der Waals surface area contributed by atoms with Crippen LogP contribution in [-0.4, -0.2) is 32.4 Å². The molecule has 3 fully saturated rings. The van der Waals surface area contributed by atoms with E-state index in [4.69, 9.17) is 0 Å². The van der Waals surface area contributed by atoms with Gasteiger partial charge in [-0.05, 0) is 56.8 Å². The number of hydrogen-bond donors (Lipinski definition) is 2. The van der Waals surface area contributed by atoms with Crippen molar-refractivity contribution in [2.75, 3.05) is 5.75 Å². The minimum Gasteiger partial charge on any atom is -0.493 e. The molecule has 0 radical (unpaired) electrons. The second-order valence-electron chi connectivity index (χ2n) is 8.53. The summed E-state index contributed by atoms with van der Waals surface area (Å²) in [7, 11) is 0. The Balaban J connectivity index is 1.38. The summed E-state index contributed by atoms with van der Waals surface area (Å²) >= 11 is 1.25. The number of rotatable bonds is 6. The Kier molecular flexibility index (Phi) is 5.48. The van der Waals surface area contributed by atoms with Gasteiger partial charge in [-0.2, -0.15) is 4.98 Å². The molecule has 3 aliphatic rings. The first kappa shape index (κ1) is 18.8. The Morgan fingerprint density at radius 3 is 2.78 bits per heavy atom. The highest BCUT2D eigenvalue weighted by atomic mass is 32.2. The van der Waals surface area contributed by atoms with Crippen molar-refractivity contribution in [2.45, 2.75) is 75.5 Å². The van der Waals surface area contributed by atoms with Gasteiger partial charge in [-0.1, -0.05) is 31.0 Å². The third-order valence-electron chi connectivity index (χ3n) is 6.75. The van der Waals surface area contributed by atoms with Crippen LogP contribution >= 0.6 is 11.8 Å². The molecule has 2 bridgehead atoms. The molecule has 0 aromatic carbocycles. The van der Waals surface area contributed by atoms with E-state index < -0.39 is 0 Å². The van der Waals surface area contributed by atoms with Crippen molar-refractivity contribution in [3.05, 3.63) is 16.4 Å². The number of amides is 1. The van der Waals surface area contributed by atoms with Crippen LogP contribution in [0.5, 0.6) is 5.88 Å². The molecule has 0 aliphatic heterocycles. The molecular formula is C20H29N3O3S. The zero-order valence-electron chi connectivity index (χ0n) is 15.9. The summed E-state index contributed by atoms with van der Waals surface area (Å²) in [5.41, 5.74) is -0.229. The first-order valence-corrected chi connectivity index (χ1v) is 11.2. The third kappa shape index (κ3) is 4.03. The molecule has 6 nitrogen and oxygen atoms in total. The SMILES string of the molecule is C[C@@H](NC(=O)CSc1nc(O)cc(=O)n1C1CCCC1)[C@H]1C[C@H]2CC[C@H]1C2. The van der Waals surface area contributed by atoms with Crippen LogP contribution in [0.2, 0.25) is 0 Å². The molecule has 7 heteroatoms. The predicted molar refractivity (Wildman–Crippen MR) is 105 cm³/mol. The highest BCUT2D eigenvalue weighted by Crippen LogP contribution is 2.49. The topological polar surface area (TPSA) is 84.2 Å². The number of nitrogens with zero attached hydrogens (tertiary/aromatic N) is 2. The van der Waals surface area contributed by atoms with Crippen LogP contribution in [0.25, 0.3) is 0 Å². The van der Waals surface area contributed by atoms with Crippen molar-refractivity contribution in [3.63, 3.8) is 0 Å². The molecule has 0 spiro atoms. The fourth-order valence-electron chi connectivity index (χ4n) is 5.50. The number of fused-ring (bicyclic) bond motifs is 2.